The molecule has 0 aliphatic rings. The molecule has 3 rings (SSSR count). The highest BCUT2D eigenvalue weighted by Gasteiger charge is 2.15. The van der Waals surface area contributed by atoms with Gasteiger partial charge >= 0.3 is 0 Å². The molecule has 1 N–H and O–H groups in total. The summed E-state index contributed by atoms with van der Waals surface area (Å²) in [4.78, 5) is 30.2. The van der Waals surface area contributed by atoms with Gasteiger partial charge in [-0.05, 0) is 31.2 Å². The van der Waals surface area contributed by atoms with Crippen LogP contribution in [0, 0.1) is 6.92 Å². The van der Waals surface area contributed by atoms with Crippen LogP contribution in [0.25, 0.3) is 11.3 Å². The van der Waals surface area contributed by atoms with Crippen LogP contribution < -0.4 is 5.32 Å². The van der Waals surface area contributed by atoms with Gasteiger partial charge in [0, 0.05) is 37.8 Å². The lowest BCUT2D eigenvalue weighted by Crippen LogP contribution is -2.26. The highest BCUT2D eigenvalue weighted by atomic mass is 16.4. The summed E-state index contributed by atoms with van der Waals surface area (Å²) in [5.74, 6) is 0.552. The predicted molar refractivity (Wildman–Crippen MR) is 103 cm³/mol. The monoisotopic (exact) mass is 379 g/mol. The van der Waals surface area contributed by atoms with Crippen molar-refractivity contribution in [3.8, 4) is 11.3 Å². The van der Waals surface area contributed by atoms with Crippen molar-refractivity contribution < 1.29 is 14.0 Å². The zero-order valence-electron chi connectivity index (χ0n) is 16.0. The van der Waals surface area contributed by atoms with Crippen molar-refractivity contribution in [3.05, 3.63) is 65.5 Å². The number of hydrogen-bond donors (Lipinski definition) is 1. The smallest absolute Gasteiger partial charge is 0.254 e. The summed E-state index contributed by atoms with van der Waals surface area (Å²) in [6.45, 7) is 4.37. The Morgan fingerprint density at radius 1 is 1.07 bits per heavy atom. The standard InChI is InChI=1S/C20H21N5O3/c1-4-21-19(26)16-9-10-17(22-11-16)14-5-7-15(8-6-14)20(27)25(3)12-18-24-23-13(2)28-18/h5-11H,4,12H2,1-3H3,(H,21,26). The lowest BCUT2D eigenvalue weighted by molar-refractivity contribution is 0.0772. The maximum atomic E-state index is 12.6. The van der Waals surface area contributed by atoms with E-state index in [1.807, 2.05) is 19.1 Å². The number of carbonyl (C=O) groups excluding carboxylic acids is 2. The molecule has 0 saturated carbocycles. The number of nitrogens with one attached hydrogen (secondary N) is 1. The average molecular weight is 379 g/mol. The molecule has 2 aromatic heterocycles. The summed E-state index contributed by atoms with van der Waals surface area (Å²) in [7, 11) is 1.68. The molecular formula is C20H21N5O3. The number of aryl methyl sites for hydroxylation is 1. The summed E-state index contributed by atoms with van der Waals surface area (Å²) in [5, 5.41) is 10.4. The van der Waals surface area contributed by atoms with Gasteiger partial charge in [0.2, 0.25) is 11.8 Å². The van der Waals surface area contributed by atoms with Crippen molar-refractivity contribution in [1.29, 1.82) is 0 Å². The van der Waals surface area contributed by atoms with Crippen molar-refractivity contribution in [2.45, 2.75) is 20.4 Å². The summed E-state index contributed by atoms with van der Waals surface area (Å²) in [6.07, 6.45) is 1.54. The van der Waals surface area contributed by atoms with E-state index < -0.39 is 0 Å². The van der Waals surface area contributed by atoms with Gasteiger partial charge in [0.25, 0.3) is 11.8 Å². The molecule has 8 nitrogen and oxygen atoms in total. The number of pyridine rings is 1. The minimum absolute atomic E-state index is 0.151. The Labute approximate surface area is 162 Å². The SMILES string of the molecule is CCNC(=O)c1ccc(-c2ccc(C(=O)N(C)Cc3nnc(C)o3)cc2)nc1. The van der Waals surface area contributed by atoms with Crippen LogP contribution in [-0.2, 0) is 6.54 Å². The van der Waals surface area contributed by atoms with E-state index in [0.29, 0.717) is 29.5 Å². The van der Waals surface area contributed by atoms with Gasteiger partial charge in [0.15, 0.2) is 0 Å². The number of amides is 2. The molecule has 0 saturated heterocycles. The molecule has 1 aromatic carbocycles. The summed E-state index contributed by atoms with van der Waals surface area (Å²) in [5.41, 5.74) is 2.63. The van der Waals surface area contributed by atoms with Crippen molar-refractivity contribution >= 4 is 11.8 Å². The molecule has 2 heterocycles. The number of aromatic nitrogens is 3. The van der Waals surface area contributed by atoms with Crippen LogP contribution in [0.15, 0.2) is 47.0 Å². The Kier molecular flexibility index (Phi) is 5.78. The molecule has 0 unspecified atom stereocenters. The first-order chi connectivity index (χ1) is 13.5. The molecule has 0 spiro atoms. The van der Waals surface area contributed by atoms with E-state index in [1.165, 1.54) is 4.90 Å². The lowest BCUT2D eigenvalue weighted by atomic mass is 10.1. The second-order valence-corrected chi connectivity index (χ2v) is 6.24. The number of rotatable bonds is 6. The van der Waals surface area contributed by atoms with Crippen LogP contribution in [0.2, 0.25) is 0 Å². The van der Waals surface area contributed by atoms with E-state index in [4.69, 9.17) is 4.42 Å². The average Bonchev–Trinajstić information content (AvgIpc) is 3.12. The Bertz CT molecular complexity index is 964. The highest BCUT2D eigenvalue weighted by Crippen LogP contribution is 2.19. The van der Waals surface area contributed by atoms with Gasteiger partial charge in [-0.1, -0.05) is 12.1 Å². The zero-order chi connectivity index (χ0) is 20.1. The second kappa shape index (κ2) is 8.43. The van der Waals surface area contributed by atoms with Crippen LogP contribution >= 0.6 is 0 Å². The van der Waals surface area contributed by atoms with Crippen molar-refractivity contribution in [3.63, 3.8) is 0 Å². The topological polar surface area (TPSA) is 101 Å². The number of nitrogens with zero attached hydrogens (tertiary/aromatic N) is 4. The van der Waals surface area contributed by atoms with Crippen molar-refractivity contribution in [2.75, 3.05) is 13.6 Å². The normalized spacial score (nSPS) is 10.5. The molecular weight excluding hydrogens is 358 g/mol. The third kappa shape index (κ3) is 4.40. The van der Waals surface area contributed by atoms with E-state index >= 15 is 0 Å². The van der Waals surface area contributed by atoms with Crippen LogP contribution in [0.5, 0.6) is 0 Å². The fraction of sp³-hybridized carbons (Fsp3) is 0.250. The molecule has 3 aromatic rings. The Morgan fingerprint density at radius 2 is 1.79 bits per heavy atom. The van der Waals surface area contributed by atoms with E-state index in [-0.39, 0.29) is 18.4 Å². The highest BCUT2D eigenvalue weighted by molar-refractivity contribution is 5.95. The Morgan fingerprint density at radius 3 is 2.36 bits per heavy atom. The minimum atomic E-state index is -0.151. The number of hydrogen-bond acceptors (Lipinski definition) is 6. The van der Waals surface area contributed by atoms with Gasteiger partial charge in [0.05, 0.1) is 17.8 Å². The molecule has 28 heavy (non-hydrogen) atoms. The summed E-state index contributed by atoms with van der Waals surface area (Å²) < 4.78 is 5.31. The largest absolute Gasteiger partial charge is 0.424 e. The maximum absolute atomic E-state index is 12.6. The first-order valence-electron chi connectivity index (χ1n) is 8.87. The van der Waals surface area contributed by atoms with Crippen LogP contribution in [0.3, 0.4) is 0 Å². The maximum Gasteiger partial charge on any atom is 0.254 e. The third-order valence-corrected chi connectivity index (χ3v) is 4.08. The molecule has 0 fully saturated rings. The fourth-order valence-corrected chi connectivity index (χ4v) is 2.64. The fourth-order valence-electron chi connectivity index (χ4n) is 2.64. The van der Waals surface area contributed by atoms with Crippen LogP contribution in [0.1, 0.15) is 39.4 Å². The number of benzene rings is 1. The first-order valence-corrected chi connectivity index (χ1v) is 8.87. The Balaban J connectivity index is 1.68. The third-order valence-electron chi connectivity index (χ3n) is 4.08. The van der Waals surface area contributed by atoms with E-state index in [2.05, 4.69) is 20.5 Å². The van der Waals surface area contributed by atoms with E-state index in [1.54, 1.807) is 44.4 Å². The quantitative estimate of drug-likeness (QED) is 0.706. The molecule has 8 heteroatoms. The van der Waals surface area contributed by atoms with Crippen LogP contribution in [0.4, 0.5) is 0 Å². The van der Waals surface area contributed by atoms with Crippen molar-refractivity contribution in [1.82, 2.24) is 25.4 Å². The van der Waals surface area contributed by atoms with Gasteiger partial charge in [-0.2, -0.15) is 0 Å². The second-order valence-electron chi connectivity index (χ2n) is 6.24. The molecule has 0 atom stereocenters. The molecule has 0 radical (unpaired) electrons. The molecule has 2 amide bonds. The van der Waals surface area contributed by atoms with Crippen molar-refractivity contribution in [2.24, 2.45) is 0 Å². The van der Waals surface area contributed by atoms with Gasteiger partial charge in [0.1, 0.15) is 0 Å². The zero-order valence-corrected chi connectivity index (χ0v) is 16.0. The predicted octanol–water partition coefficient (Wildman–Crippen LogP) is 2.46. The first kappa shape index (κ1) is 19.2. The lowest BCUT2D eigenvalue weighted by Gasteiger charge is -2.15. The van der Waals surface area contributed by atoms with Crippen LogP contribution in [-0.4, -0.2) is 45.5 Å². The summed E-state index contributed by atoms with van der Waals surface area (Å²) >= 11 is 0. The van der Waals surface area contributed by atoms with Gasteiger partial charge in [-0.15, -0.1) is 10.2 Å². The molecule has 0 aliphatic heterocycles. The summed E-state index contributed by atoms with van der Waals surface area (Å²) in [6, 6.07) is 10.6. The molecule has 144 valence electrons. The van der Waals surface area contributed by atoms with Gasteiger partial charge < -0.3 is 14.6 Å². The Hall–Kier alpha value is -3.55. The minimum Gasteiger partial charge on any atom is -0.424 e. The van der Waals surface area contributed by atoms with E-state index in [0.717, 1.165) is 11.3 Å². The van der Waals surface area contributed by atoms with E-state index in [9.17, 15) is 9.59 Å². The van der Waals surface area contributed by atoms with Gasteiger partial charge in [-0.25, -0.2) is 0 Å². The molecule has 0 aliphatic carbocycles. The van der Waals surface area contributed by atoms with Gasteiger partial charge in [-0.3, -0.25) is 14.6 Å². The molecule has 0 bridgehead atoms. The number of carbonyl (C=O) groups is 2.